The Bertz CT molecular complexity index is 724. The van der Waals surface area contributed by atoms with Crippen LogP contribution in [0.5, 0.6) is 0 Å². The fraction of sp³-hybridized carbons (Fsp3) is 0.0625. The van der Waals surface area contributed by atoms with Gasteiger partial charge in [-0.15, -0.1) is 0 Å². The molecule has 0 N–H and O–H groups in total. The summed E-state index contributed by atoms with van der Waals surface area (Å²) in [6.45, 7) is 0. The van der Waals surface area contributed by atoms with Gasteiger partial charge < -0.3 is 0 Å². The van der Waals surface area contributed by atoms with Gasteiger partial charge in [0, 0.05) is 5.56 Å². The van der Waals surface area contributed by atoms with E-state index in [0.29, 0.717) is 5.56 Å². The number of rotatable bonds is 4. The second-order valence-electron chi connectivity index (χ2n) is 4.52. The standard InChI is InChI=1S/C16H12FN3O/c17-16(20-11-18-10-19-20)15(21)14-8-6-13(7-9-14)12-4-2-1-3-5-12/h1-11,16H. The van der Waals surface area contributed by atoms with Crippen LogP contribution < -0.4 is 0 Å². The molecule has 2 aromatic carbocycles. The lowest BCUT2D eigenvalue weighted by molar-refractivity contribution is 0.0779. The molecule has 21 heavy (non-hydrogen) atoms. The van der Waals surface area contributed by atoms with Crippen LogP contribution in [0.25, 0.3) is 11.1 Å². The fourth-order valence-corrected chi connectivity index (χ4v) is 2.05. The molecule has 0 saturated carbocycles. The molecule has 0 saturated heterocycles. The third-order valence-corrected chi connectivity index (χ3v) is 3.16. The number of hydrogen-bond donors (Lipinski definition) is 0. The van der Waals surface area contributed by atoms with Gasteiger partial charge in [0.25, 0.3) is 6.30 Å². The van der Waals surface area contributed by atoms with E-state index < -0.39 is 12.1 Å². The van der Waals surface area contributed by atoms with Gasteiger partial charge in [0.2, 0.25) is 5.78 Å². The Morgan fingerprint density at radius 1 is 1.00 bits per heavy atom. The van der Waals surface area contributed by atoms with Crippen molar-refractivity contribution in [2.75, 3.05) is 0 Å². The van der Waals surface area contributed by atoms with E-state index >= 15 is 0 Å². The van der Waals surface area contributed by atoms with E-state index in [2.05, 4.69) is 10.1 Å². The zero-order chi connectivity index (χ0) is 14.7. The highest BCUT2D eigenvalue weighted by Crippen LogP contribution is 2.21. The number of nitrogens with zero attached hydrogens (tertiary/aromatic N) is 3. The Labute approximate surface area is 120 Å². The Morgan fingerprint density at radius 2 is 1.67 bits per heavy atom. The summed E-state index contributed by atoms with van der Waals surface area (Å²) in [4.78, 5) is 15.7. The van der Waals surface area contributed by atoms with Gasteiger partial charge in [0.1, 0.15) is 12.7 Å². The molecule has 4 nitrogen and oxygen atoms in total. The van der Waals surface area contributed by atoms with E-state index in [1.165, 1.54) is 12.7 Å². The van der Waals surface area contributed by atoms with E-state index in [9.17, 15) is 9.18 Å². The molecule has 0 aliphatic carbocycles. The van der Waals surface area contributed by atoms with Crippen molar-refractivity contribution in [2.45, 2.75) is 6.30 Å². The van der Waals surface area contributed by atoms with E-state index in [1.54, 1.807) is 24.3 Å². The number of carbonyl (C=O) groups is 1. The summed E-state index contributed by atoms with van der Waals surface area (Å²) in [5.74, 6) is -0.639. The Kier molecular flexibility index (Phi) is 3.55. The van der Waals surface area contributed by atoms with Gasteiger partial charge in [0.15, 0.2) is 0 Å². The number of alkyl halides is 1. The lowest BCUT2D eigenvalue weighted by atomic mass is 10.0. The molecule has 0 aliphatic heterocycles. The van der Waals surface area contributed by atoms with Crippen molar-refractivity contribution < 1.29 is 9.18 Å². The molecular weight excluding hydrogens is 269 g/mol. The topological polar surface area (TPSA) is 47.8 Å². The first-order valence-electron chi connectivity index (χ1n) is 6.43. The third-order valence-electron chi connectivity index (χ3n) is 3.16. The average molecular weight is 281 g/mol. The maximum Gasteiger partial charge on any atom is 0.255 e. The number of hydrogen-bond acceptors (Lipinski definition) is 3. The SMILES string of the molecule is O=C(c1ccc(-c2ccccc2)cc1)C(F)n1cncn1. The number of Topliss-reactive ketones (excluding diaryl/α,β-unsaturated/α-hetero) is 1. The van der Waals surface area contributed by atoms with Gasteiger partial charge in [0.05, 0.1) is 0 Å². The number of benzene rings is 2. The van der Waals surface area contributed by atoms with Crippen molar-refractivity contribution in [3.05, 3.63) is 72.8 Å². The summed E-state index contributed by atoms with van der Waals surface area (Å²) in [6, 6.07) is 16.6. The smallest absolute Gasteiger partial charge is 0.255 e. The molecule has 1 heterocycles. The predicted molar refractivity (Wildman–Crippen MR) is 76.4 cm³/mol. The van der Waals surface area contributed by atoms with Crippen molar-refractivity contribution in [1.82, 2.24) is 14.8 Å². The van der Waals surface area contributed by atoms with E-state index in [0.717, 1.165) is 15.8 Å². The summed E-state index contributed by atoms with van der Waals surface area (Å²) in [5, 5.41) is 3.64. The molecule has 104 valence electrons. The molecule has 1 atom stereocenters. The molecule has 0 aliphatic rings. The average Bonchev–Trinajstić information content (AvgIpc) is 3.09. The second-order valence-corrected chi connectivity index (χ2v) is 4.52. The summed E-state index contributed by atoms with van der Waals surface area (Å²) in [7, 11) is 0. The van der Waals surface area contributed by atoms with Crippen LogP contribution in [-0.4, -0.2) is 20.5 Å². The molecular formula is C16H12FN3O. The Hall–Kier alpha value is -2.82. The van der Waals surface area contributed by atoms with Crippen LogP contribution in [0.1, 0.15) is 16.7 Å². The normalized spacial score (nSPS) is 12.0. The van der Waals surface area contributed by atoms with Gasteiger partial charge in [-0.2, -0.15) is 5.10 Å². The van der Waals surface area contributed by atoms with Crippen LogP contribution in [0.4, 0.5) is 4.39 Å². The van der Waals surface area contributed by atoms with E-state index in [4.69, 9.17) is 0 Å². The van der Waals surface area contributed by atoms with Crippen LogP contribution in [0.15, 0.2) is 67.3 Å². The quantitative estimate of drug-likeness (QED) is 0.689. The molecule has 1 aromatic heterocycles. The summed E-state index contributed by atoms with van der Waals surface area (Å²) >= 11 is 0. The lowest BCUT2D eigenvalue weighted by Gasteiger charge is -2.08. The maximum absolute atomic E-state index is 14.0. The minimum Gasteiger partial charge on any atom is -0.289 e. The first-order chi connectivity index (χ1) is 10.3. The van der Waals surface area contributed by atoms with Gasteiger partial charge in [-0.05, 0) is 11.1 Å². The van der Waals surface area contributed by atoms with Crippen LogP contribution in [-0.2, 0) is 0 Å². The third kappa shape index (κ3) is 2.72. The molecule has 0 fully saturated rings. The first kappa shape index (κ1) is 13.2. The summed E-state index contributed by atoms with van der Waals surface area (Å²) in [5.41, 5.74) is 2.32. The van der Waals surface area contributed by atoms with Gasteiger partial charge >= 0.3 is 0 Å². The zero-order valence-corrected chi connectivity index (χ0v) is 11.1. The lowest BCUT2D eigenvalue weighted by Crippen LogP contribution is -2.15. The van der Waals surface area contributed by atoms with Gasteiger partial charge in [-0.1, -0.05) is 54.6 Å². The minimum absolute atomic E-state index is 0.303. The number of aromatic nitrogens is 3. The van der Waals surface area contributed by atoms with Crippen LogP contribution in [0, 0.1) is 0 Å². The minimum atomic E-state index is -1.85. The molecule has 3 rings (SSSR count). The summed E-state index contributed by atoms with van der Waals surface area (Å²) < 4.78 is 14.9. The number of carbonyl (C=O) groups excluding carboxylic acids is 1. The van der Waals surface area contributed by atoms with E-state index in [1.807, 2.05) is 30.3 Å². The molecule has 0 bridgehead atoms. The van der Waals surface area contributed by atoms with Crippen molar-refractivity contribution >= 4 is 5.78 Å². The first-order valence-corrected chi connectivity index (χ1v) is 6.43. The molecule has 0 spiro atoms. The van der Waals surface area contributed by atoms with Crippen molar-refractivity contribution in [3.63, 3.8) is 0 Å². The van der Waals surface area contributed by atoms with Crippen LogP contribution in [0.2, 0.25) is 0 Å². The van der Waals surface area contributed by atoms with Crippen molar-refractivity contribution in [3.8, 4) is 11.1 Å². The molecule has 5 heteroatoms. The van der Waals surface area contributed by atoms with Crippen molar-refractivity contribution in [1.29, 1.82) is 0 Å². The molecule has 1 unspecified atom stereocenters. The highest BCUT2D eigenvalue weighted by atomic mass is 19.1. The Morgan fingerprint density at radius 3 is 2.29 bits per heavy atom. The zero-order valence-electron chi connectivity index (χ0n) is 11.1. The van der Waals surface area contributed by atoms with Crippen molar-refractivity contribution in [2.24, 2.45) is 0 Å². The number of ketones is 1. The highest BCUT2D eigenvalue weighted by molar-refractivity contribution is 5.98. The highest BCUT2D eigenvalue weighted by Gasteiger charge is 2.21. The molecule has 0 amide bonds. The second kappa shape index (κ2) is 5.66. The predicted octanol–water partition coefficient (Wildman–Crippen LogP) is 3.30. The Balaban J connectivity index is 1.83. The number of halogens is 1. The molecule has 3 aromatic rings. The van der Waals surface area contributed by atoms with E-state index in [-0.39, 0.29) is 0 Å². The largest absolute Gasteiger partial charge is 0.289 e. The van der Waals surface area contributed by atoms with Crippen LogP contribution in [0.3, 0.4) is 0 Å². The van der Waals surface area contributed by atoms with Gasteiger partial charge in [-0.25, -0.2) is 14.1 Å². The van der Waals surface area contributed by atoms with Crippen LogP contribution >= 0.6 is 0 Å². The van der Waals surface area contributed by atoms with Gasteiger partial charge in [-0.3, -0.25) is 4.79 Å². The fourth-order valence-electron chi connectivity index (χ4n) is 2.05. The maximum atomic E-state index is 14.0. The molecule has 0 radical (unpaired) electrons. The monoisotopic (exact) mass is 281 g/mol. The summed E-state index contributed by atoms with van der Waals surface area (Å²) in [6.07, 6.45) is 0.522.